The minimum atomic E-state index is -3.68. The summed E-state index contributed by atoms with van der Waals surface area (Å²) in [5.41, 5.74) is 1.01. The van der Waals surface area contributed by atoms with Gasteiger partial charge in [0.1, 0.15) is 5.84 Å². The summed E-state index contributed by atoms with van der Waals surface area (Å²) in [7, 11) is -3.68. The molecule has 5 heteroatoms. The maximum absolute atomic E-state index is 12.2. The maximum atomic E-state index is 12.2. The molecule has 0 aliphatic carbocycles. The third kappa shape index (κ3) is 3.92. The van der Waals surface area contributed by atoms with E-state index in [0.29, 0.717) is 18.9 Å². The number of nitrogens with zero attached hydrogens (tertiary/aromatic N) is 2. The minimum absolute atomic E-state index is 0.199. The van der Waals surface area contributed by atoms with Crippen LogP contribution in [0.4, 0.5) is 0 Å². The van der Waals surface area contributed by atoms with Crippen molar-refractivity contribution in [1.29, 1.82) is 0 Å². The van der Waals surface area contributed by atoms with Crippen LogP contribution in [0.5, 0.6) is 0 Å². The van der Waals surface area contributed by atoms with Crippen LogP contribution in [0.25, 0.3) is 0 Å². The van der Waals surface area contributed by atoms with Crippen LogP contribution in [0.2, 0.25) is 0 Å². The van der Waals surface area contributed by atoms with Crippen molar-refractivity contribution in [3.63, 3.8) is 0 Å². The third-order valence-electron chi connectivity index (χ3n) is 2.80. The zero-order valence-electron chi connectivity index (χ0n) is 11.6. The molecule has 0 aliphatic rings. The first kappa shape index (κ1) is 15.4. The Morgan fingerprint density at radius 3 is 2.21 bits per heavy atom. The summed E-state index contributed by atoms with van der Waals surface area (Å²) in [6, 6.07) is 6.65. The largest absolute Gasteiger partial charge is 0.357 e. The van der Waals surface area contributed by atoms with Crippen LogP contribution < -0.4 is 0 Å². The number of sulfonamides is 1. The van der Waals surface area contributed by atoms with E-state index in [9.17, 15) is 8.42 Å². The van der Waals surface area contributed by atoms with Crippen molar-refractivity contribution >= 4 is 15.9 Å². The van der Waals surface area contributed by atoms with Crippen LogP contribution in [0.1, 0.15) is 19.4 Å². The Kier molecular flexibility index (Phi) is 5.30. The lowest BCUT2D eigenvalue weighted by Gasteiger charge is -2.20. The number of hydrogen-bond donors (Lipinski definition) is 0. The second kappa shape index (κ2) is 6.52. The Morgan fingerprint density at radius 2 is 1.79 bits per heavy atom. The van der Waals surface area contributed by atoms with Crippen LogP contribution in [0, 0.1) is 6.92 Å². The van der Waals surface area contributed by atoms with Gasteiger partial charge in [-0.15, -0.1) is 4.40 Å². The number of aryl methyl sites for hydroxylation is 1. The van der Waals surface area contributed by atoms with E-state index in [4.69, 9.17) is 0 Å². The molecule has 1 rings (SSSR count). The Labute approximate surface area is 115 Å². The van der Waals surface area contributed by atoms with Crippen molar-refractivity contribution in [3.05, 3.63) is 42.5 Å². The second-order valence-electron chi connectivity index (χ2n) is 4.11. The maximum Gasteiger partial charge on any atom is 0.284 e. The molecule has 0 saturated carbocycles. The normalized spacial score (nSPS) is 12.3. The molecular formula is C14H20N2O2S. The van der Waals surface area contributed by atoms with Gasteiger partial charge in [0, 0.05) is 13.1 Å². The summed E-state index contributed by atoms with van der Waals surface area (Å²) in [4.78, 5) is 2.04. The molecule has 0 spiro atoms. The Bertz CT molecular complexity index is 556. The van der Waals surface area contributed by atoms with Gasteiger partial charge in [-0.3, -0.25) is 0 Å². The quantitative estimate of drug-likeness (QED) is 0.615. The molecule has 0 N–H and O–H groups in total. The highest BCUT2D eigenvalue weighted by molar-refractivity contribution is 7.90. The molecule has 19 heavy (non-hydrogen) atoms. The highest BCUT2D eigenvalue weighted by atomic mass is 32.2. The summed E-state index contributed by atoms with van der Waals surface area (Å²) in [5, 5.41) is 0. The molecular weight excluding hydrogens is 260 g/mol. The van der Waals surface area contributed by atoms with Gasteiger partial charge in [-0.2, -0.15) is 8.42 Å². The first-order chi connectivity index (χ1) is 8.94. The van der Waals surface area contributed by atoms with E-state index in [1.54, 1.807) is 24.3 Å². The smallest absolute Gasteiger partial charge is 0.284 e. The molecule has 0 aromatic heterocycles. The predicted octanol–water partition coefficient (Wildman–Crippen LogP) is 2.61. The summed E-state index contributed by atoms with van der Waals surface area (Å²) < 4.78 is 28.2. The molecule has 0 heterocycles. The second-order valence-corrected chi connectivity index (χ2v) is 5.72. The fourth-order valence-corrected chi connectivity index (χ4v) is 2.68. The highest BCUT2D eigenvalue weighted by Gasteiger charge is 2.15. The van der Waals surface area contributed by atoms with Crippen LogP contribution in [-0.4, -0.2) is 32.2 Å². The fourth-order valence-electron chi connectivity index (χ4n) is 1.66. The molecule has 0 amide bonds. The SMILES string of the molecule is C=C/C(=N\S(=O)(=O)c1ccc(C)cc1)N(CC)CC. The fraction of sp³-hybridized carbons (Fsp3) is 0.357. The lowest BCUT2D eigenvalue weighted by molar-refractivity contribution is 0.468. The molecule has 0 bridgehead atoms. The Hall–Kier alpha value is -1.62. The average molecular weight is 280 g/mol. The monoisotopic (exact) mass is 280 g/mol. The first-order valence-corrected chi connectivity index (χ1v) is 7.67. The topological polar surface area (TPSA) is 49.7 Å². The van der Waals surface area contributed by atoms with Gasteiger partial charge in [0.05, 0.1) is 4.90 Å². The Balaban J connectivity index is 3.19. The van der Waals surface area contributed by atoms with Crippen LogP contribution in [0.3, 0.4) is 0 Å². The number of benzene rings is 1. The number of rotatable bonds is 5. The van der Waals surface area contributed by atoms with Crippen molar-refractivity contribution in [1.82, 2.24) is 4.90 Å². The van der Waals surface area contributed by atoms with Crippen molar-refractivity contribution < 1.29 is 8.42 Å². The standard InChI is InChI=1S/C14H20N2O2S/c1-5-14(16(6-2)7-3)15-19(17,18)13-10-8-12(4)9-11-13/h5,8-11H,1,6-7H2,2-4H3/b15-14+. The number of hydrogen-bond acceptors (Lipinski definition) is 2. The Morgan fingerprint density at radius 1 is 1.26 bits per heavy atom. The van der Waals surface area contributed by atoms with Gasteiger partial charge in [-0.25, -0.2) is 0 Å². The minimum Gasteiger partial charge on any atom is -0.357 e. The zero-order valence-corrected chi connectivity index (χ0v) is 12.4. The molecule has 4 nitrogen and oxygen atoms in total. The summed E-state index contributed by atoms with van der Waals surface area (Å²) in [6.07, 6.45) is 1.47. The average Bonchev–Trinajstić information content (AvgIpc) is 2.39. The lowest BCUT2D eigenvalue weighted by Crippen LogP contribution is -2.29. The van der Waals surface area contributed by atoms with Gasteiger partial charge in [-0.1, -0.05) is 24.3 Å². The molecule has 1 aromatic carbocycles. The van der Waals surface area contributed by atoms with Gasteiger partial charge < -0.3 is 4.90 Å². The van der Waals surface area contributed by atoms with Gasteiger partial charge in [0.25, 0.3) is 10.0 Å². The summed E-state index contributed by atoms with van der Waals surface area (Å²) in [6.45, 7) is 10.8. The van der Waals surface area contributed by atoms with Crippen molar-refractivity contribution in [3.8, 4) is 0 Å². The number of amidine groups is 1. The van der Waals surface area contributed by atoms with Crippen molar-refractivity contribution in [2.75, 3.05) is 13.1 Å². The lowest BCUT2D eigenvalue weighted by atomic mass is 10.2. The van der Waals surface area contributed by atoms with E-state index in [1.165, 1.54) is 6.08 Å². The first-order valence-electron chi connectivity index (χ1n) is 6.23. The highest BCUT2D eigenvalue weighted by Crippen LogP contribution is 2.14. The van der Waals surface area contributed by atoms with E-state index in [1.807, 2.05) is 25.7 Å². The molecule has 104 valence electrons. The molecule has 1 aromatic rings. The van der Waals surface area contributed by atoms with Gasteiger partial charge >= 0.3 is 0 Å². The van der Waals surface area contributed by atoms with E-state index in [0.717, 1.165) is 5.56 Å². The predicted molar refractivity (Wildman–Crippen MR) is 78.9 cm³/mol. The van der Waals surface area contributed by atoms with E-state index >= 15 is 0 Å². The third-order valence-corrected chi connectivity index (χ3v) is 4.10. The molecule has 0 atom stereocenters. The number of likely N-dealkylation sites (N-methyl/N-ethyl adjacent to an activating group) is 1. The summed E-state index contributed by atoms with van der Waals surface area (Å²) in [5.74, 6) is 0.380. The molecule has 0 fully saturated rings. The molecule has 0 aliphatic heterocycles. The van der Waals surface area contributed by atoms with E-state index < -0.39 is 10.0 Å². The van der Waals surface area contributed by atoms with E-state index in [2.05, 4.69) is 11.0 Å². The van der Waals surface area contributed by atoms with Crippen LogP contribution in [0.15, 0.2) is 46.2 Å². The van der Waals surface area contributed by atoms with Crippen molar-refractivity contribution in [2.24, 2.45) is 4.40 Å². The summed E-state index contributed by atoms with van der Waals surface area (Å²) >= 11 is 0. The van der Waals surface area contributed by atoms with Gasteiger partial charge in [0.15, 0.2) is 0 Å². The van der Waals surface area contributed by atoms with Crippen molar-refractivity contribution in [2.45, 2.75) is 25.7 Å². The van der Waals surface area contributed by atoms with Crippen LogP contribution in [-0.2, 0) is 10.0 Å². The molecule has 0 radical (unpaired) electrons. The zero-order chi connectivity index (χ0) is 14.5. The molecule has 0 saturated heterocycles. The van der Waals surface area contributed by atoms with Gasteiger partial charge in [-0.05, 0) is 39.0 Å². The van der Waals surface area contributed by atoms with E-state index in [-0.39, 0.29) is 4.90 Å². The van der Waals surface area contributed by atoms with Gasteiger partial charge in [0.2, 0.25) is 0 Å². The van der Waals surface area contributed by atoms with Crippen LogP contribution >= 0.6 is 0 Å². The molecule has 0 unspecified atom stereocenters.